The van der Waals surface area contributed by atoms with Crippen molar-refractivity contribution in [3.05, 3.63) is 23.9 Å². The summed E-state index contributed by atoms with van der Waals surface area (Å²) in [6.07, 6.45) is 5.02. The first kappa shape index (κ1) is 19.6. The molecular formula is C21H33N5O2. The third-order valence-electron chi connectivity index (χ3n) is 6.53. The maximum absolute atomic E-state index is 12.9. The Bertz CT molecular complexity index is 651. The lowest BCUT2D eigenvalue weighted by molar-refractivity contribution is 0.00158. The number of amides is 1. The Morgan fingerprint density at radius 3 is 2.43 bits per heavy atom. The molecular weight excluding hydrogens is 354 g/mol. The number of carbonyl (C=O) groups is 1. The Morgan fingerprint density at radius 1 is 1.07 bits per heavy atom. The van der Waals surface area contributed by atoms with Crippen LogP contribution in [0.2, 0.25) is 0 Å². The first-order chi connectivity index (χ1) is 13.6. The fourth-order valence-corrected chi connectivity index (χ4v) is 4.63. The summed E-state index contributed by atoms with van der Waals surface area (Å²) < 4.78 is 5.45. The monoisotopic (exact) mass is 387 g/mol. The number of nitrogens with zero attached hydrogens (tertiary/aromatic N) is 5. The molecule has 1 aromatic heterocycles. The number of hydrogen-bond donors (Lipinski definition) is 0. The van der Waals surface area contributed by atoms with Crippen LogP contribution in [0.3, 0.4) is 0 Å². The Kier molecular flexibility index (Phi) is 6.13. The molecule has 1 aromatic rings. The van der Waals surface area contributed by atoms with Crippen LogP contribution in [-0.4, -0.2) is 104 Å². The predicted octanol–water partition coefficient (Wildman–Crippen LogP) is 1.16. The number of likely N-dealkylation sites (tertiary alicyclic amines) is 1. The maximum atomic E-state index is 12.9. The van der Waals surface area contributed by atoms with E-state index in [9.17, 15) is 4.79 Å². The summed E-state index contributed by atoms with van der Waals surface area (Å²) in [6.45, 7) is 7.41. The van der Waals surface area contributed by atoms with Crippen LogP contribution in [0.25, 0.3) is 0 Å². The molecule has 154 valence electrons. The number of anilines is 1. The topological polar surface area (TPSA) is 52.2 Å². The van der Waals surface area contributed by atoms with E-state index in [1.165, 1.54) is 0 Å². The number of piperidine rings is 1. The Balaban J connectivity index is 1.30. The normalized spacial score (nSPS) is 24.9. The zero-order valence-electron chi connectivity index (χ0n) is 17.2. The highest BCUT2D eigenvalue weighted by Gasteiger charge is 2.29. The molecule has 4 rings (SSSR count). The zero-order chi connectivity index (χ0) is 19.5. The lowest BCUT2D eigenvalue weighted by atomic mass is 10.0. The van der Waals surface area contributed by atoms with Gasteiger partial charge < -0.3 is 19.4 Å². The molecule has 7 heteroatoms. The highest BCUT2D eigenvalue weighted by molar-refractivity contribution is 5.94. The number of likely N-dealkylation sites (N-methyl/N-ethyl adjacent to an activating group) is 1. The molecule has 3 aliphatic rings. The molecule has 4 heterocycles. The van der Waals surface area contributed by atoms with Gasteiger partial charge in [-0.15, -0.1) is 0 Å². The van der Waals surface area contributed by atoms with E-state index < -0.39 is 0 Å². The van der Waals surface area contributed by atoms with E-state index in [1.807, 2.05) is 17.0 Å². The number of morpholine rings is 1. The standard InChI is InChI=1S/C21H33N5O2/c1-23(2)19-7-10-26(16-19)20-4-3-17(15-22-20)21(27)25-8-5-18(6-9-25)24-11-13-28-14-12-24/h3-4,15,18-19H,5-14,16H2,1-2H3/t19-/m1/s1. The molecule has 3 fully saturated rings. The van der Waals surface area contributed by atoms with E-state index in [0.29, 0.717) is 17.6 Å². The average molecular weight is 388 g/mol. The number of pyridine rings is 1. The SMILES string of the molecule is CN(C)[C@@H]1CCN(c2ccc(C(=O)N3CCC(N4CCOCC4)CC3)cn2)C1. The second kappa shape index (κ2) is 8.76. The van der Waals surface area contributed by atoms with E-state index in [4.69, 9.17) is 4.74 Å². The number of hydrogen-bond acceptors (Lipinski definition) is 6. The van der Waals surface area contributed by atoms with E-state index in [-0.39, 0.29) is 5.91 Å². The largest absolute Gasteiger partial charge is 0.379 e. The molecule has 0 spiro atoms. The van der Waals surface area contributed by atoms with Gasteiger partial charge in [-0.25, -0.2) is 4.98 Å². The number of carbonyl (C=O) groups excluding carboxylic acids is 1. The van der Waals surface area contributed by atoms with Crippen molar-refractivity contribution >= 4 is 11.7 Å². The fraction of sp³-hybridized carbons (Fsp3) is 0.714. The Hall–Kier alpha value is -1.70. The average Bonchev–Trinajstić information content (AvgIpc) is 3.25. The minimum Gasteiger partial charge on any atom is -0.379 e. The van der Waals surface area contributed by atoms with Crippen LogP contribution in [0.15, 0.2) is 18.3 Å². The Morgan fingerprint density at radius 2 is 1.82 bits per heavy atom. The summed E-state index contributed by atoms with van der Waals surface area (Å²) >= 11 is 0. The number of rotatable bonds is 4. The van der Waals surface area contributed by atoms with Crippen molar-refractivity contribution in [3.63, 3.8) is 0 Å². The van der Waals surface area contributed by atoms with Gasteiger partial charge >= 0.3 is 0 Å². The molecule has 3 aliphatic heterocycles. The van der Waals surface area contributed by atoms with Crippen molar-refractivity contribution in [1.82, 2.24) is 19.7 Å². The van der Waals surface area contributed by atoms with E-state index in [0.717, 1.165) is 77.6 Å². The van der Waals surface area contributed by atoms with Gasteiger partial charge in [0.1, 0.15) is 5.82 Å². The van der Waals surface area contributed by atoms with Gasteiger partial charge in [-0.1, -0.05) is 0 Å². The molecule has 0 radical (unpaired) electrons. The minimum atomic E-state index is 0.118. The second-order valence-electron chi connectivity index (χ2n) is 8.43. The molecule has 0 unspecified atom stereocenters. The van der Waals surface area contributed by atoms with Crippen LogP contribution < -0.4 is 4.90 Å². The van der Waals surface area contributed by atoms with Crippen LogP contribution in [-0.2, 0) is 4.74 Å². The van der Waals surface area contributed by atoms with Crippen molar-refractivity contribution in [2.24, 2.45) is 0 Å². The lowest BCUT2D eigenvalue weighted by Gasteiger charge is -2.40. The van der Waals surface area contributed by atoms with Gasteiger partial charge in [0.15, 0.2) is 0 Å². The molecule has 0 aliphatic carbocycles. The van der Waals surface area contributed by atoms with E-state index in [1.54, 1.807) is 6.20 Å². The van der Waals surface area contributed by atoms with Crippen molar-refractivity contribution in [3.8, 4) is 0 Å². The predicted molar refractivity (Wildman–Crippen MR) is 110 cm³/mol. The number of ether oxygens (including phenoxy) is 1. The molecule has 0 bridgehead atoms. The first-order valence-corrected chi connectivity index (χ1v) is 10.6. The molecule has 0 saturated carbocycles. The molecule has 3 saturated heterocycles. The summed E-state index contributed by atoms with van der Waals surface area (Å²) in [6, 6.07) is 5.12. The summed E-state index contributed by atoms with van der Waals surface area (Å²) in [5.74, 6) is 1.10. The molecule has 7 nitrogen and oxygen atoms in total. The summed E-state index contributed by atoms with van der Waals surface area (Å²) in [5.41, 5.74) is 0.705. The zero-order valence-corrected chi connectivity index (χ0v) is 17.2. The first-order valence-electron chi connectivity index (χ1n) is 10.6. The lowest BCUT2D eigenvalue weighted by Crippen LogP contribution is -2.50. The van der Waals surface area contributed by atoms with Gasteiger partial charge in [-0.2, -0.15) is 0 Å². The van der Waals surface area contributed by atoms with Crippen LogP contribution in [0.4, 0.5) is 5.82 Å². The van der Waals surface area contributed by atoms with Gasteiger partial charge in [0.25, 0.3) is 5.91 Å². The molecule has 1 amide bonds. The fourth-order valence-electron chi connectivity index (χ4n) is 4.63. The van der Waals surface area contributed by atoms with Gasteiger partial charge in [0, 0.05) is 57.5 Å². The van der Waals surface area contributed by atoms with Crippen LogP contribution in [0.5, 0.6) is 0 Å². The van der Waals surface area contributed by atoms with Gasteiger partial charge in [-0.3, -0.25) is 9.69 Å². The minimum absolute atomic E-state index is 0.118. The van der Waals surface area contributed by atoms with Gasteiger partial charge in [0.2, 0.25) is 0 Å². The third-order valence-corrected chi connectivity index (χ3v) is 6.53. The maximum Gasteiger partial charge on any atom is 0.255 e. The van der Waals surface area contributed by atoms with Crippen LogP contribution >= 0.6 is 0 Å². The van der Waals surface area contributed by atoms with Crippen molar-refractivity contribution in [2.75, 3.05) is 71.5 Å². The Labute approximate surface area is 168 Å². The number of aromatic nitrogens is 1. The quantitative estimate of drug-likeness (QED) is 0.773. The molecule has 1 atom stereocenters. The van der Waals surface area contributed by atoms with E-state index in [2.05, 4.69) is 33.8 Å². The highest BCUT2D eigenvalue weighted by atomic mass is 16.5. The van der Waals surface area contributed by atoms with Crippen molar-refractivity contribution in [1.29, 1.82) is 0 Å². The molecule has 0 aromatic carbocycles. The highest BCUT2D eigenvalue weighted by Crippen LogP contribution is 2.22. The second-order valence-corrected chi connectivity index (χ2v) is 8.43. The van der Waals surface area contributed by atoms with Gasteiger partial charge in [-0.05, 0) is 45.5 Å². The van der Waals surface area contributed by atoms with E-state index >= 15 is 0 Å². The van der Waals surface area contributed by atoms with Crippen LogP contribution in [0, 0.1) is 0 Å². The third kappa shape index (κ3) is 4.31. The molecule has 0 N–H and O–H groups in total. The summed E-state index contributed by atoms with van der Waals surface area (Å²) in [5, 5.41) is 0. The summed E-state index contributed by atoms with van der Waals surface area (Å²) in [7, 11) is 4.26. The van der Waals surface area contributed by atoms with Gasteiger partial charge in [0.05, 0.1) is 18.8 Å². The van der Waals surface area contributed by atoms with Crippen molar-refractivity contribution < 1.29 is 9.53 Å². The van der Waals surface area contributed by atoms with Crippen molar-refractivity contribution in [2.45, 2.75) is 31.3 Å². The smallest absolute Gasteiger partial charge is 0.255 e. The molecule has 28 heavy (non-hydrogen) atoms. The summed E-state index contributed by atoms with van der Waals surface area (Å²) in [4.78, 5) is 26.6. The van der Waals surface area contributed by atoms with Crippen LogP contribution in [0.1, 0.15) is 29.6 Å².